The van der Waals surface area contributed by atoms with Crippen LogP contribution in [0, 0.1) is 0 Å². The van der Waals surface area contributed by atoms with Crippen LogP contribution in [-0.4, -0.2) is 30.1 Å². The summed E-state index contributed by atoms with van der Waals surface area (Å²) in [5.74, 6) is 0.831. The van der Waals surface area contributed by atoms with Crippen molar-refractivity contribution in [1.82, 2.24) is 4.90 Å². The van der Waals surface area contributed by atoms with E-state index in [4.69, 9.17) is 22.1 Å². The normalized spacial score (nSPS) is 26.4. The summed E-state index contributed by atoms with van der Waals surface area (Å²) in [6.45, 7) is 2.04. The van der Waals surface area contributed by atoms with Gasteiger partial charge in [0.1, 0.15) is 11.9 Å². The highest BCUT2D eigenvalue weighted by Gasteiger charge is 2.39. The third-order valence-electron chi connectivity index (χ3n) is 5.25. The molecule has 1 aliphatic carbocycles. The molecule has 0 amide bonds. The minimum absolute atomic E-state index is 0.0129. The van der Waals surface area contributed by atoms with Gasteiger partial charge in [0.15, 0.2) is 0 Å². The minimum Gasteiger partial charge on any atom is -0.483 e. The van der Waals surface area contributed by atoms with Crippen LogP contribution in [0.5, 0.6) is 5.75 Å². The maximum absolute atomic E-state index is 6.50. The molecule has 0 bridgehead atoms. The van der Waals surface area contributed by atoms with Crippen molar-refractivity contribution < 1.29 is 4.74 Å². The number of benzene rings is 2. The van der Waals surface area contributed by atoms with E-state index in [-0.39, 0.29) is 12.1 Å². The summed E-state index contributed by atoms with van der Waals surface area (Å²) in [4.78, 5) is 2.52. The third kappa shape index (κ3) is 3.59. The van der Waals surface area contributed by atoms with Crippen LogP contribution in [0.1, 0.15) is 30.1 Å². The zero-order chi connectivity index (χ0) is 17.4. The van der Waals surface area contributed by atoms with Gasteiger partial charge in [-0.1, -0.05) is 35.9 Å². The van der Waals surface area contributed by atoms with E-state index < -0.39 is 0 Å². The molecule has 0 saturated carbocycles. The fourth-order valence-electron chi connectivity index (χ4n) is 4.05. The van der Waals surface area contributed by atoms with Crippen molar-refractivity contribution in [2.45, 2.75) is 37.5 Å². The molecule has 0 aromatic heterocycles. The highest BCUT2D eigenvalue weighted by Crippen LogP contribution is 2.40. The molecule has 2 aliphatic rings. The maximum atomic E-state index is 6.50. The average Bonchev–Trinajstić information content (AvgIpc) is 2.96. The minimum atomic E-state index is 0.0129. The molecule has 3 unspecified atom stereocenters. The van der Waals surface area contributed by atoms with Gasteiger partial charge in [-0.2, -0.15) is 0 Å². The lowest BCUT2D eigenvalue weighted by molar-refractivity contribution is 0.0589. The molecule has 1 saturated heterocycles. The number of halogens is 2. The SMILES string of the molecule is NC1CCCN(C2Cc3ccccc3C2Oc2ccc(Cl)cc2Br)C1. The molecular weight excluding hydrogens is 400 g/mol. The predicted molar refractivity (Wildman–Crippen MR) is 105 cm³/mol. The summed E-state index contributed by atoms with van der Waals surface area (Å²) in [7, 11) is 0. The Kier molecular flexibility index (Phi) is 5.05. The number of ether oxygens (including phenoxy) is 1. The van der Waals surface area contributed by atoms with Crippen molar-refractivity contribution in [1.29, 1.82) is 0 Å². The van der Waals surface area contributed by atoms with E-state index in [1.807, 2.05) is 18.2 Å². The van der Waals surface area contributed by atoms with E-state index in [1.165, 1.54) is 11.1 Å². The van der Waals surface area contributed by atoms with Crippen LogP contribution >= 0.6 is 27.5 Å². The standard InChI is InChI=1S/C20H22BrClN2O/c21-17-11-14(22)7-8-19(17)25-20-16-6-2-1-4-13(16)10-18(20)24-9-3-5-15(23)12-24/h1-2,4,6-8,11,15,18,20H,3,5,9-10,12,23H2. The Morgan fingerprint density at radius 1 is 1.20 bits per heavy atom. The van der Waals surface area contributed by atoms with Crippen LogP contribution in [0.4, 0.5) is 0 Å². The first kappa shape index (κ1) is 17.3. The highest BCUT2D eigenvalue weighted by atomic mass is 79.9. The number of nitrogens with zero attached hydrogens (tertiary/aromatic N) is 1. The number of hydrogen-bond acceptors (Lipinski definition) is 3. The summed E-state index contributed by atoms with van der Waals surface area (Å²) < 4.78 is 7.39. The van der Waals surface area contributed by atoms with E-state index >= 15 is 0 Å². The topological polar surface area (TPSA) is 38.5 Å². The maximum Gasteiger partial charge on any atom is 0.140 e. The molecule has 0 spiro atoms. The van der Waals surface area contributed by atoms with Gasteiger partial charge in [0.2, 0.25) is 0 Å². The number of rotatable bonds is 3. The van der Waals surface area contributed by atoms with Gasteiger partial charge in [-0.15, -0.1) is 0 Å². The zero-order valence-electron chi connectivity index (χ0n) is 14.0. The van der Waals surface area contributed by atoms with Gasteiger partial charge in [-0.25, -0.2) is 0 Å². The number of nitrogens with two attached hydrogens (primary N) is 1. The van der Waals surface area contributed by atoms with Crippen LogP contribution < -0.4 is 10.5 Å². The molecule has 5 heteroatoms. The Hall–Kier alpha value is -1.07. The fourth-order valence-corrected chi connectivity index (χ4v) is 4.83. The second kappa shape index (κ2) is 7.28. The molecule has 25 heavy (non-hydrogen) atoms. The molecule has 2 aromatic rings. The predicted octanol–water partition coefficient (Wildman–Crippen LogP) is 4.57. The van der Waals surface area contributed by atoms with Crippen molar-refractivity contribution in [3.63, 3.8) is 0 Å². The van der Waals surface area contributed by atoms with E-state index in [0.29, 0.717) is 11.1 Å². The Morgan fingerprint density at radius 3 is 2.84 bits per heavy atom. The molecule has 1 aliphatic heterocycles. The van der Waals surface area contributed by atoms with Crippen molar-refractivity contribution in [2.24, 2.45) is 5.73 Å². The van der Waals surface area contributed by atoms with Crippen molar-refractivity contribution in [3.8, 4) is 5.75 Å². The summed E-state index contributed by atoms with van der Waals surface area (Å²) in [6, 6.07) is 14.9. The lowest BCUT2D eigenvalue weighted by atomic mass is 10.0. The van der Waals surface area contributed by atoms with Gasteiger partial charge in [0.05, 0.1) is 10.5 Å². The number of piperidine rings is 1. The summed E-state index contributed by atoms with van der Waals surface area (Å²) in [5, 5.41) is 0.699. The first-order valence-electron chi connectivity index (χ1n) is 8.81. The number of fused-ring (bicyclic) bond motifs is 1. The van der Waals surface area contributed by atoms with Crippen molar-refractivity contribution >= 4 is 27.5 Å². The van der Waals surface area contributed by atoms with Crippen LogP contribution in [0.15, 0.2) is 46.9 Å². The zero-order valence-corrected chi connectivity index (χ0v) is 16.3. The van der Waals surface area contributed by atoms with Gasteiger partial charge < -0.3 is 10.5 Å². The van der Waals surface area contributed by atoms with Crippen LogP contribution in [0.2, 0.25) is 5.02 Å². The molecule has 1 fully saturated rings. The van der Waals surface area contributed by atoms with E-state index in [2.05, 4.69) is 45.1 Å². The lowest BCUT2D eigenvalue weighted by Gasteiger charge is -2.38. The highest BCUT2D eigenvalue weighted by molar-refractivity contribution is 9.10. The average molecular weight is 422 g/mol. The van der Waals surface area contributed by atoms with E-state index in [0.717, 1.165) is 42.6 Å². The smallest absolute Gasteiger partial charge is 0.140 e. The monoisotopic (exact) mass is 420 g/mol. The lowest BCUT2D eigenvalue weighted by Crippen LogP contribution is -2.49. The Labute approximate surface area is 162 Å². The Morgan fingerprint density at radius 2 is 2.04 bits per heavy atom. The number of hydrogen-bond donors (Lipinski definition) is 1. The summed E-state index contributed by atoms with van der Waals surface area (Å²) in [6.07, 6.45) is 3.30. The Bertz CT molecular complexity index is 769. The second-order valence-corrected chi connectivity index (χ2v) is 8.27. The number of likely N-dealkylation sites (tertiary alicyclic amines) is 1. The van der Waals surface area contributed by atoms with E-state index in [9.17, 15) is 0 Å². The molecule has 0 radical (unpaired) electrons. The van der Waals surface area contributed by atoms with Gasteiger partial charge in [-0.3, -0.25) is 4.90 Å². The first-order chi connectivity index (χ1) is 12.1. The molecular formula is C20H22BrClN2O. The molecule has 132 valence electrons. The van der Waals surface area contributed by atoms with E-state index in [1.54, 1.807) is 0 Å². The summed E-state index contributed by atoms with van der Waals surface area (Å²) >= 11 is 9.65. The van der Waals surface area contributed by atoms with Gasteiger partial charge in [0, 0.05) is 17.6 Å². The fraction of sp³-hybridized carbons (Fsp3) is 0.400. The van der Waals surface area contributed by atoms with Crippen LogP contribution in [-0.2, 0) is 6.42 Å². The molecule has 4 rings (SSSR count). The summed E-state index contributed by atoms with van der Waals surface area (Å²) in [5.41, 5.74) is 8.89. The quantitative estimate of drug-likeness (QED) is 0.789. The molecule has 2 aromatic carbocycles. The Balaban J connectivity index is 1.65. The van der Waals surface area contributed by atoms with Gasteiger partial charge in [0.25, 0.3) is 0 Å². The first-order valence-corrected chi connectivity index (χ1v) is 9.98. The molecule has 2 N–H and O–H groups in total. The third-order valence-corrected chi connectivity index (χ3v) is 6.10. The van der Waals surface area contributed by atoms with Crippen molar-refractivity contribution in [2.75, 3.05) is 13.1 Å². The molecule has 3 nitrogen and oxygen atoms in total. The molecule has 1 heterocycles. The van der Waals surface area contributed by atoms with Crippen LogP contribution in [0.25, 0.3) is 0 Å². The molecule has 3 atom stereocenters. The second-order valence-electron chi connectivity index (χ2n) is 6.98. The van der Waals surface area contributed by atoms with Gasteiger partial charge >= 0.3 is 0 Å². The largest absolute Gasteiger partial charge is 0.483 e. The van der Waals surface area contributed by atoms with Crippen molar-refractivity contribution in [3.05, 3.63) is 63.1 Å². The van der Waals surface area contributed by atoms with Crippen LogP contribution in [0.3, 0.4) is 0 Å². The van der Waals surface area contributed by atoms with Gasteiger partial charge in [-0.05, 0) is 71.1 Å².